The Morgan fingerprint density at radius 3 is 1.00 bits per heavy atom. The van der Waals surface area contributed by atoms with Gasteiger partial charge >= 0.3 is 42.4 Å². The molecule has 2 aliphatic rings. The molecule has 27 heteroatoms. The van der Waals surface area contributed by atoms with Crippen LogP contribution in [0.3, 0.4) is 0 Å². The van der Waals surface area contributed by atoms with Gasteiger partial charge in [0, 0.05) is 0 Å². The summed E-state index contributed by atoms with van der Waals surface area (Å²) in [5, 5.41) is 0. The van der Waals surface area contributed by atoms with Crippen LogP contribution in [0.15, 0.2) is 88.8 Å². The van der Waals surface area contributed by atoms with E-state index in [0.29, 0.717) is 23.2 Å². The van der Waals surface area contributed by atoms with Gasteiger partial charge in [-0.25, -0.2) is 40.2 Å². The van der Waals surface area contributed by atoms with Crippen molar-refractivity contribution in [2.24, 2.45) is 9.98 Å². The summed E-state index contributed by atoms with van der Waals surface area (Å²) in [7, 11) is -18.3. The summed E-state index contributed by atoms with van der Waals surface area (Å²) in [6.07, 6.45) is -0.205. The number of aliphatic imine (C=N–C) groups is 2. The molecule has 0 bridgehead atoms. The summed E-state index contributed by atoms with van der Waals surface area (Å²) >= 11 is 0. The summed E-state index contributed by atoms with van der Waals surface area (Å²) < 4.78 is 189. The van der Waals surface area contributed by atoms with E-state index in [2.05, 4.69) is 38.1 Å². The molecule has 14 nitrogen and oxygen atoms in total. The fraction of sp³-hybridized carbons (Fsp3) is 0.321. The molecule has 0 saturated heterocycles. The van der Waals surface area contributed by atoms with Crippen LogP contribution in [0, 0.1) is 0 Å². The van der Waals surface area contributed by atoms with Crippen LogP contribution in [-0.2, 0) is 65.7 Å². The van der Waals surface area contributed by atoms with Gasteiger partial charge in [0.05, 0.1) is 12.1 Å². The van der Waals surface area contributed by atoms with E-state index in [1.54, 1.807) is 0 Å². The molecule has 2 aliphatic heterocycles. The maximum absolute atomic E-state index is 10.7. The van der Waals surface area contributed by atoms with Crippen LogP contribution in [0.1, 0.15) is 48.6 Å². The van der Waals surface area contributed by atoms with E-state index in [0.717, 1.165) is 11.1 Å². The molecule has 0 unspecified atom stereocenters. The van der Waals surface area contributed by atoms with Crippen LogP contribution < -0.4 is 0 Å². The molecule has 3 heterocycles. The van der Waals surface area contributed by atoms with E-state index < -0.39 is 46.9 Å². The van der Waals surface area contributed by atoms with Crippen LogP contribution >= 0.6 is 0 Å². The standard InChI is InChI=1S/C25H23N3O2.3CHF3O3S.Sc/c1-16-22(18-10-5-3-6-11-18)29-24(26-16)20-14-9-15-21(28-20)25-27-17(2)23(30-25)19-12-7-4-8-13-19;3*2-1(3,4)8(5,6)7;/h3-17,22-23H,1-2H3;3*(H,5,6,7);/q;;;;+3/p-3/t16-,17-,22+,23+;;;;/m1..../s1. The Morgan fingerprint density at radius 1 is 0.509 bits per heavy atom. The van der Waals surface area contributed by atoms with Crippen LogP contribution in [0.5, 0.6) is 0 Å². The number of ether oxygens (including phenoxy) is 2. The Morgan fingerprint density at radius 2 is 0.764 bits per heavy atom. The van der Waals surface area contributed by atoms with Crippen molar-refractivity contribution in [3.63, 3.8) is 0 Å². The van der Waals surface area contributed by atoms with Gasteiger partial charge in [-0.2, -0.15) is 39.5 Å². The summed E-state index contributed by atoms with van der Waals surface area (Å²) in [6, 6.07) is 26.1. The van der Waals surface area contributed by atoms with Crippen LogP contribution in [0.25, 0.3) is 0 Å². The van der Waals surface area contributed by atoms with Crippen molar-refractivity contribution in [1.82, 2.24) is 4.98 Å². The zero-order chi connectivity index (χ0) is 41.5. The number of benzene rings is 2. The molecule has 4 atom stereocenters. The summed E-state index contributed by atoms with van der Waals surface area (Å²) in [5.74, 6) is 1.12. The molecule has 0 amide bonds. The smallest absolute Gasteiger partial charge is 0.741 e. The Labute approximate surface area is 325 Å². The molecule has 300 valence electrons. The third-order valence-electron chi connectivity index (χ3n) is 6.29. The summed E-state index contributed by atoms with van der Waals surface area (Å²) in [4.78, 5) is 14.2. The van der Waals surface area contributed by atoms with Crippen LogP contribution in [-0.4, -0.2) is 84.3 Å². The fourth-order valence-corrected chi connectivity index (χ4v) is 3.91. The van der Waals surface area contributed by atoms with Gasteiger partial charge < -0.3 is 23.1 Å². The number of hydrogen-bond acceptors (Lipinski definition) is 14. The number of halogens is 9. The molecule has 1 aromatic heterocycles. The second kappa shape index (κ2) is 19.1. The van der Waals surface area contributed by atoms with E-state index in [1.807, 2.05) is 54.6 Å². The molecule has 2 aromatic carbocycles. The molecule has 0 radical (unpaired) electrons. The average molecular weight is 890 g/mol. The largest absolute Gasteiger partial charge is 3.00 e. The third kappa shape index (κ3) is 14.8. The van der Waals surface area contributed by atoms with Crippen molar-refractivity contribution in [3.8, 4) is 0 Å². The van der Waals surface area contributed by atoms with Gasteiger partial charge in [-0.1, -0.05) is 66.7 Å². The minimum atomic E-state index is -6.09. The normalized spacial score (nSPS) is 19.9. The topological polar surface area (TPSA) is 228 Å². The Balaban J connectivity index is 0.000000497. The van der Waals surface area contributed by atoms with E-state index in [4.69, 9.17) is 63.4 Å². The molecule has 0 fully saturated rings. The van der Waals surface area contributed by atoms with Crippen molar-refractivity contribution >= 4 is 42.1 Å². The number of aromatic nitrogens is 1. The van der Waals surface area contributed by atoms with Gasteiger partial charge in [0.25, 0.3) is 0 Å². The van der Waals surface area contributed by atoms with Crippen molar-refractivity contribution in [3.05, 3.63) is 101 Å². The quantitative estimate of drug-likeness (QED) is 0.191. The molecule has 3 aromatic rings. The predicted octanol–water partition coefficient (Wildman–Crippen LogP) is 5.05. The van der Waals surface area contributed by atoms with Crippen molar-refractivity contribution in [2.45, 2.75) is 54.7 Å². The van der Waals surface area contributed by atoms with Gasteiger partial charge in [-0.3, -0.25) is 0 Å². The number of hydrogen-bond donors (Lipinski definition) is 0. The number of alkyl halides is 9. The van der Waals surface area contributed by atoms with Crippen molar-refractivity contribution in [1.29, 1.82) is 0 Å². The van der Waals surface area contributed by atoms with E-state index in [-0.39, 0.29) is 50.1 Å². The van der Waals surface area contributed by atoms with Crippen molar-refractivity contribution < 1.29 is 114 Å². The molecule has 55 heavy (non-hydrogen) atoms. The van der Waals surface area contributed by atoms with Gasteiger partial charge in [-0.15, -0.1) is 0 Å². The van der Waals surface area contributed by atoms with Gasteiger partial charge in [-0.05, 0) is 37.1 Å². The van der Waals surface area contributed by atoms with Crippen LogP contribution in [0.4, 0.5) is 39.5 Å². The molecule has 0 N–H and O–H groups in total. The monoisotopic (exact) mass is 889 g/mol. The number of pyridine rings is 1. The second-order valence-electron chi connectivity index (χ2n) is 10.4. The Kier molecular flexibility index (Phi) is 17.2. The minimum Gasteiger partial charge on any atom is -0.741 e. The predicted molar refractivity (Wildman–Crippen MR) is 164 cm³/mol. The van der Waals surface area contributed by atoms with E-state index in [9.17, 15) is 39.5 Å². The first-order chi connectivity index (χ1) is 24.4. The zero-order valence-electron chi connectivity index (χ0n) is 27.4. The third-order valence-corrected chi connectivity index (χ3v) is 7.99. The molecule has 0 aliphatic carbocycles. The Hall–Kier alpha value is -3.50. The number of rotatable bonds is 4. The summed E-state index contributed by atoms with van der Waals surface area (Å²) in [5.41, 5.74) is -13.3. The SMILES string of the molecule is C[C@H]1N=C(c2cccc(C3=N[C@H](C)[C@@H](c4ccccc4)O3)n2)O[C@@H]1c1ccccc1.O=S(=O)([O-])C(F)(F)F.O=S(=O)([O-])C(F)(F)F.O=S(=O)([O-])C(F)(F)F.[Sc+3]. The molecule has 0 spiro atoms. The van der Waals surface area contributed by atoms with E-state index in [1.165, 1.54) is 0 Å². The molecular formula is C28H23F9N3O11S3Sc. The van der Waals surface area contributed by atoms with Gasteiger partial charge in [0.15, 0.2) is 30.4 Å². The molecule has 5 rings (SSSR count). The molecular weight excluding hydrogens is 866 g/mol. The zero-order valence-corrected chi connectivity index (χ0v) is 31.6. The Bertz CT molecular complexity index is 1940. The average Bonchev–Trinajstić information content (AvgIpc) is 3.62. The maximum Gasteiger partial charge on any atom is 3.00 e. The number of nitrogens with zero attached hydrogens (tertiary/aromatic N) is 3. The first-order valence-electron chi connectivity index (χ1n) is 14.1. The van der Waals surface area contributed by atoms with Crippen LogP contribution in [0.2, 0.25) is 0 Å². The van der Waals surface area contributed by atoms with Crippen molar-refractivity contribution in [2.75, 3.05) is 0 Å². The van der Waals surface area contributed by atoms with E-state index >= 15 is 0 Å². The van der Waals surface area contributed by atoms with Gasteiger partial charge in [0.2, 0.25) is 11.8 Å². The minimum absolute atomic E-state index is 0. The second-order valence-corrected chi connectivity index (χ2v) is 14.5. The summed E-state index contributed by atoms with van der Waals surface area (Å²) in [6.45, 7) is 4.12. The fourth-order valence-electron chi connectivity index (χ4n) is 3.91. The maximum atomic E-state index is 10.7. The first-order valence-corrected chi connectivity index (χ1v) is 18.3. The first kappa shape index (κ1) is 49.5. The van der Waals surface area contributed by atoms with Gasteiger partial charge in [0.1, 0.15) is 23.6 Å². The molecule has 0 saturated carbocycles.